The molecule has 0 amide bonds. The van der Waals surface area contributed by atoms with Gasteiger partial charge < -0.3 is 15.2 Å². The van der Waals surface area contributed by atoms with Crippen LogP contribution >= 0.6 is 0 Å². The molecule has 1 aromatic heterocycles. The normalized spacial score (nSPS) is 10.6. The van der Waals surface area contributed by atoms with Crippen LogP contribution in [0.1, 0.15) is 25.1 Å². The molecule has 0 aromatic carbocycles. The molecule has 0 saturated carbocycles. The Morgan fingerprint density at radius 1 is 1.41 bits per heavy atom. The minimum Gasteiger partial charge on any atom is -0.475 e. The van der Waals surface area contributed by atoms with Crippen molar-refractivity contribution in [3.8, 4) is 5.88 Å². The summed E-state index contributed by atoms with van der Waals surface area (Å²) in [7, 11) is 0. The minimum absolute atomic E-state index is 0.0442. The molecule has 0 bridgehead atoms. The number of amidine groups is 1. The molecule has 5 nitrogen and oxygen atoms in total. The zero-order valence-corrected chi connectivity index (χ0v) is 10.5. The standard InChI is InChI=1S/C12H19N3O2/c1-8(2)16-6-7-17-12-10(11(13)14)5-4-9(3)15-12/h4-5,8H,6-7H2,1-3H3,(H3,13,14). The van der Waals surface area contributed by atoms with Crippen LogP contribution in [-0.4, -0.2) is 30.1 Å². The molecule has 0 atom stereocenters. The quantitative estimate of drug-likeness (QED) is 0.446. The van der Waals surface area contributed by atoms with E-state index in [1.165, 1.54) is 0 Å². The Kier molecular flexibility index (Phi) is 4.90. The number of pyridine rings is 1. The lowest BCUT2D eigenvalue weighted by Gasteiger charge is -2.11. The van der Waals surface area contributed by atoms with Crippen LogP contribution in [0.15, 0.2) is 12.1 Å². The van der Waals surface area contributed by atoms with Crippen molar-refractivity contribution in [1.29, 1.82) is 5.41 Å². The number of nitrogen functional groups attached to an aromatic ring is 1. The van der Waals surface area contributed by atoms with Gasteiger partial charge >= 0.3 is 0 Å². The number of rotatable bonds is 6. The second kappa shape index (κ2) is 6.20. The van der Waals surface area contributed by atoms with Crippen LogP contribution in [0.3, 0.4) is 0 Å². The maximum absolute atomic E-state index is 7.42. The summed E-state index contributed by atoms with van der Waals surface area (Å²) in [6, 6.07) is 3.54. The average molecular weight is 237 g/mol. The molecule has 0 unspecified atom stereocenters. The summed E-state index contributed by atoms with van der Waals surface area (Å²) in [6.07, 6.45) is 0.177. The van der Waals surface area contributed by atoms with Crippen LogP contribution in [-0.2, 0) is 4.74 Å². The van der Waals surface area contributed by atoms with Crippen LogP contribution in [0.5, 0.6) is 5.88 Å². The topological polar surface area (TPSA) is 81.2 Å². The lowest BCUT2D eigenvalue weighted by Crippen LogP contribution is -2.17. The fourth-order valence-electron chi connectivity index (χ4n) is 1.27. The second-order valence-corrected chi connectivity index (χ2v) is 3.99. The van der Waals surface area contributed by atoms with Crippen molar-refractivity contribution in [2.45, 2.75) is 26.9 Å². The smallest absolute Gasteiger partial charge is 0.224 e. The molecule has 1 heterocycles. The predicted octanol–water partition coefficient (Wildman–Crippen LogP) is 1.48. The highest BCUT2D eigenvalue weighted by Crippen LogP contribution is 2.15. The van der Waals surface area contributed by atoms with Crippen LogP contribution in [0.4, 0.5) is 0 Å². The van der Waals surface area contributed by atoms with E-state index in [9.17, 15) is 0 Å². The fourth-order valence-corrected chi connectivity index (χ4v) is 1.27. The first-order valence-electron chi connectivity index (χ1n) is 5.57. The van der Waals surface area contributed by atoms with Gasteiger partial charge in [-0.05, 0) is 32.9 Å². The Morgan fingerprint density at radius 2 is 2.12 bits per heavy atom. The molecule has 1 rings (SSSR count). The van der Waals surface area contributed by atoms with E-state index < -0.39 is 0 Å². The molecule has 3 N–H and O–H groups in total. The number of hydrogen-bond acceptors (Lipinski definition) is 4. The maximum atomic E-state index is 7.42. The Morgan fingerprint density at radius 3 is 2.71 bits per heavy atom. The molecule has 0 saturated heterocycles. The van der Waals surface area contributed by atoms with Crippen LogP contribution in [0, 0.1) is 12.3 Å². The molecule has 0 radical (unpaired) electrons. The summed E-state index contributed by atoms with van der Waals surface area (Å²) in [5.74, 6) is 0.349. The van der Waals surface area contributed by atoms with E-state index >= 15 is 0 Å². The van der Waals surface area contributed by atoms with Gasteiger partial charge in [0.25, 0.3) is 0 Å². The number of aromatic nitrogens is 1. The van der Waals surface area contributed by atoms with E-state index in [0.29, 0.717) is 24.7 Å². The molecule has 0 aliphatic heterocycles. The summed E-state index contributed by atoms with van der Waals surface area (Å²) in [4.78, 5) is 4.21. The largest absolute Gasteiger partial charge is 0.475 e. The Hall–Kier alpha value is -1.62. The van der Waals surface area contributed by atoms with Gasteiger partial charge in [0, 0.05) is 5.69 Å². The summed E-state index contributed by atoms with van der Waals surface area (Å²) >= 11 is 0. The molecule has 0 aliphatic carbocycles. The second-order valence-electron chi connectivity index (χ2n) is 3.99. The summed E-state index contributed by atoms with van der Waals surface area (Å²) < 4.78 is 10.8. The molecular formula is C12H19N3O2. The van der Waals surface area contributed by atoms with Gasteiger partial charge in [0.05, 0.1) is 18.3 Å². The number of nitrogens with zero attached hydrogens (tertiary/aromatic N) is 1. The Bertz CT molecular complexity index is 391. The van der Waals surface area contributed by atoms with Crippen LogP contribution in [0.25, 0.3) is 0 Å². The van der Waals surface area contributed by atoms with E-state index in [2.05, 4.69) is 4.98 Å². The third-order valence-electron chi connectivity index (χ3n) is 2.06. The predicted molar refractivity (Wildman–Crippen MR) is 66.6 cm³/mol. The monoisotopic (exact) mass is 237 g/mol. The van der Waals surface area contributed by atoms with Crippen LogP contribution < -0.4 is 10.5 Å². The minimum atomic E-state index is -0.0442. The van der Waals surface area contributed by atoms with E-state index in [1.807, 2.05) is 20.8 Å². The number of aryl methyl sites for hydroxylation is 1. The van der Waals surface area contributed by atoms with Gasteiger partial charge in [-0.15, -0.1) is 0 Å². The average Bonchev–Trinajstić information content (AvgIpc) is 2.23. The van der Waals surface area contributed by atoms with Gasteiger partial charge in [-0.3, -0.25) is 5.41 Å². The number of nitrogens with two attached hydrogens (primary N) is 1. The van der Waals surface area contributed by atoms with Crippen LogP contribution in [0.2, 0.25) is 0 Å². The SMILES string of the molecule is Cc1ccc(C(=N)N)c(OCCOC(C)C)n1. The van der Waals surface area contributed by atoms with Crippen molar-refractivity contribution in [2.24, 2.45) is 5.73 Å². The first kappa shape index (κ1) is 13.4. The number of hydrogen-bond donors (Lipinski definition) is 2. The van der Waals surface area contributed by atoms with Crippen molar-refractivity contribution >= 4 is 5.84 Å². The highest BCUT2D eigenvalue weighted by Gasteiger charge is 2.08. The third-order valence-corrected chi connectivity index (χ3v) is 2.06. The highest BCUT2D eigenvalue weighted by molar-refractivity contribution is 5.97. The van der Waals surface area contributed by atoms with Crippen molar-refractivity contribution in [3.05, 3.63) is 23.4 Å². The van der Waals surface area contributed by atoms with Gasteiger partial charge in [-0.1, -0.05) is 0 Å². The van der Waals surface area contributed by atoms with Gasteiger partial charge in [-0.25, -0.2) is 4.98 Å². The zero-order chi connectivity index (χ0) is 12.8. The van der Waals surface area contributed by atoms with E-state index in [4.69, 9.17) is 20.6 Å². The lowest BCUT2D eigenvalue weighted by molar-refractivity contribution is 0.0542. The Labute approximate surface area is 101 Å². The first-order valence-corrected chi connectivity index (χ1v) is 5.57. The molecule has 5 heteroatoms. The van der Waals surface area contributed by atoms with Gasteiger partial charge in [-0.2, -0.15) is 0 Å². The van der Waals surface area contributed by atoms with Crippen molar-refractivity contribution in [3.63, 3.8) is 0 Å². The molecular weight excluding hydrogens is 218 g/mol. The van der Waals surface area contributed by atoms with E-state index in [-0.39, 0.29) is 11.9 Å². The zero-order valence-electron chi connectivity index (χ0n) is 10.5. The summed E-state index contributed by atoms with van der Waals surface area (Å²) in [5.41, 5.74) is 6.79. The van der Waals surface area contributed by atoms with Gasteiger partial charge in [0.2, 0.25) is 5.88 Å². The number of nitrogens with one attached hydrogen (secondary N) is 1. The third kappa shape index (κ3) is 4.40. The molecule has 0 fully saturated rings. The van der Waals surface area contributed by atoms with Crippen molar-refractivity contribution < 1.29 is 9.47 Å². The molecule has 0 aliphatic rings. The highest BCUT2D eigenvalue weighted by atomic mass is 16.5. The first-order chi connectivity index (χ1) is 8.00. The summed E-state index contributed by atoms with van der Waals surface area (Å²) in [6.45, 7) is 6.68. The van der Waals surface area contributed by atoms with E-state index in [1.54, 1.807) is 12.1 Å². The van der Waals surface area contributed by atoms with Crippen molar-refractivity contribution in [1.82, 2.24) is 4.98 Å². The van der Waals surface area contributed by atoms with Crippen molar-refractivity contribution in [2.75, 3.05) is 13.2 Å². The van der Waals surface area contributed by atoms with Gasteiger partial charge in [0.1, 0.15) is 12.4 Å². The van der Waals surface area contributed by atoms with Gasteiger partial charge in [0.15, 0.2) is 0 Å². The van der Waals surface area contributed by atoms with E-state index in [0.717, 1.165) is 5.69 Å². The molecule has 0 spiro atoms. The summed E-state index contributed by atoms with van der Waals surface area (Å²) in [5, 5.41) is 7.42. The maximum Gasteiger partial charge on any atom is 0.224 e. The number of ether oxygens (including phenoxy) is 2. The molecule has 94 valence electrons. The fraction of sp³-hybridized carbons (Fsp3) is 0.500. The lowest BCUT2D eigenvalue weighted by atomic mass is 10.2. The molecule has 17 heavy (non-hydrogen) atoms. The Balaban J connectivity index is 2.62. The molecule has 1 aromatic rings.